The van der Waals surface area contributed by atoms with Crippen LogP contribution in [-0.4, -0.2) is 11.9 Å². The molecule has 0 amide bonds. The van der Waals surface area contributed by atoms with Crippen molar-refractivity contribution in [1.82, 2.24) is 5.32 Å². The van der Waals surface area contributed by atoms with Gasteiger partial charge in [-0.05, 0) is 44.9 Å². The molecule has 1 aromatic carbocycles. The molecule has 0 bridgehead atoms. The molecule has 2 rings (SSSR count). The molecule has 1 saturated heterocycles. The highest BCUT2D eigenvalue weighted by Crippen LogP contribution is 2.29. The number of rotatable bonds is 2. The monoisotopic (exact) mass is 207 g/mol. The van der Waals surface area contributed by atoms with Gasteiger partial charge >= 0.3 is 0 Å². The zero-order valence-electron chi connectivity index (χ0n) is 8.84. The van der Waals surface area contributed by atoms with Crippen molar-refractivity contribution in [2.75, 3.05) is 6.54 Å². The Morgan fingerprint density at radius 2 is 2.21 bits per heavy atom. The highest BCUT2D eigenvalue weighted by Gasteiger charge is 2.15. The minimum Gasteiger partial charge on any atom is -0.305 e. The molecule has 1 aliphatic rings. The summed E-state index contributed by atoms with van der Waals surface area (Å²) >= 11 is 1.98. The van der Waals surface area contributed by atoms with Gasteiger partial charge in [-0.15, -0.1) is 11.8 Å². The van der Waals surface area contributed by atoms with Crippen LogP contribution in [0.2, 0.25) is 0 Å². The second-order valence-electron chi connectivity index (χ2n) is 3.97. The molecular formula is C12H17NS. The maximum absolute atomic E-state index is 3.51. The quantitative estimate of drug-likeness (QED) is 0.799. The van der Waals surface area contributed by atoms with Crippen LogP contribution in [0.1, 0.15) is 24.0 Å². The minimum absolute atomic E-state index is 0.636. The van der Waals surface area contributed by atoms with Crippen molar-refractivity contribution in [1.29, 1.82) is 0 Å². The van der Waals surface area contributed by atoms with Gasteiger partial charge in [0, 0.05) is 4.90 Å². The molecule has 0 spiro atoms. The van der Waals surface area contributed by atoms with Gasteiger partial charge in [0.25, 0.3) is 0 Å². The lowest BCUT2D eigenvalue weighted by atomic mass is 10.2. The van der Waals surface area contributed by atoms with Crippen LogP contribution in [0.15, 0.2) is 23.1 Å². The van der Waals surface area contributed by atoms with Crippen molar-refractivity contribution in [3.8, 4) is 0 Å². The van der Waals surface area contributed by atoms with E-state index in [1.54, 1.807) is 0 Å². The fraction of sp³-hybridized carbons (Fsp3) is 0.500. The Hall–Kier alpha value is -0.470. The van der Waals surface area contributed by atoms with E-state index in [9.17, 15) is 0 Å². The summed E-state index contributed by atoms with van der Waals surface area (Å²) in [6.07, 6.45) is 2.63. The van der Waals surface area contributed by atoms with Crippen LogP contribution in [0.4, 0.5) is 0 Å². The summed E-state index contributed by atoms with van der Waals surface area (Å²) in [5.74, 6) is 0. The predicted molar refractivity (Wildman–Crippen MR) is 62.8 cm³/mol. The standard InChI is InChI=1S/C12H17NS/c1-9-5-6-11(10(2)8-9)14-12-4-3-7-13-12/h5-6,8,12-13H,3-4,7H2,1-2H3. The molecule has 1 heterocycles. The first-order valence-electron chi connectivity index (χ1n) is 5.23. The van der Waals surface area contributed by atoms with Crippen LogP contribution >= 0.6 is 11.8 Å². The van der Waals surface area contributed by atoms with Gasteiger partial charge in [-0.3, -0.25) is 0 Å². The highest BCUT2D eigenvalue weighted by molar-refractivity contribution is 8.00. The summed E-state index contributed by atoms with van der Waals surface area (Å²) < 4.78 is 0. The fourth-order valence-corrected chi connectivity index (χ4v) is 3.02. The molecule has 1 aliphatic heterocycles. The van der Waals surface area contributed by atoms with Crippen LogP contribution in [0.5, 0.6) is 0 Å². The molecule has 1 aromatic rings. The smallest absolute Gasteiger partial charge is 0.0580 e. The maximum atomic E-state index is 3.51. The molecule has 2 heteroatoms. The summed E-state index contributed by atoms with van der Waals surface area (Å²) in [6.45, 7) is 5.53. The molecule has 0 aromatic heterocycles. The van der Waals surface area contributed by atoms with E-state index in [2.05, 4.69) is 37.4 Å². The van der Waals surface area contributed by atoms with E-state index in [4.69, 9.17) is 0 Å². The molecule has 1 unspecified atom stereocenters. The van der Waals surface area contributed by atoms with E-state index in [0.29, 0.717) is 5.37 Å². The molecule has 1 nitrogen and oxygen atoms in total. The number of benzene rings is 1. The molecular weight excluding hydrogens is 190 g/mol. The second kappa shape index (κ2) is 4.37. The lowest BCUT2D eigenvalue weighted by Gasteiger charge is -2.12. The predicted octanol–water partition coefficient (Wildman–Crippen LogP) is 3.11. The lowest BCUT2D eigenvalue weighted by Crippen LogP contribution is -2.17. The Morgan fingerprint density at radius 3 is 2.86 bits per heavy atom. The van der Waals surface area contributed by atoms with Crippen molar-refractivity contribution in [3.05, 3.63) is 29.3 Å². The van der Waals surface area contributed by atoms with Gasteiger partial charge in [-0.25, -0.2) is 0 Å². The van der Waals surface area contributed by atoms with E-state index in [-0.39, 0.29) is 0 Å². The number of thioether (sulfide) groups is 1. The van der Waals surface area contributed by atoms with Gasteiger partial charge in [-0.2, -0.15) is 0 Å². The maximum Gasteiger partial charge on any atom is 0.0580 e. The third kappa shape index (κ3) is 2.31. The van der Waals surface area contributed by atoms with E-state index in [1.165, 1.54) is 35.4 Å². The SMILES string of the molecule is Cc1ccc(SC2CCCN2)c(C)c1. The molecule has 14 heavy (non-hydrogen) atoms. The van der Waals surface area contributed by atoms with Crippen molar-refractivity contribution >= 4 is 11.8 Å². The molecule has 0 radical (unpaired) electrons. The summed E-state index contributed by atoms with van der Waals surface area (Å²) in [5, 5.41) is 4.15. The van der Waals surface area contributed by atoms with Gasteiger partial charge in [0.2, 0.25) is 0 Å². The van der Waals surface area contributed by atoms with E-state index >= 15 is 0 Å². The van der Waals surface area contributed by atoms with Gasteiger partial charge in [0.05, 0.1) is 5.37 Å². The summed E-state index contributed by atoms with van der Waals surface area (Å²) in [6, 6.07) is 6.71. The number of hydrogen-bond acceptors (Lipinski definition) is 2. The zero-order valence-corrected chi connectivity index (χ0v) is 9.66. The molecule has 0 saturated carbocycles. The summed E-state index contributed by atoms with van der Waals surface area (Å²) in [5.41, 5.74) is 2.76. The van der Waals surface area contributed by atoms with E-state index in [0.717, 1.165) is 0 Å². The molecule has 1 N–H and O–H groups in total. The Bertz CT molecular complexity index is 316. The normalized spacial score (nSPS) is 21.4. The first-order chi connectivity index (χ1) is 6.75. The van der Waals surface area contributed by atoms with E-state index < -0.39 is 0 Å². The Labute approximate surface area is 90.3 Å². The molecule has 1 fully saturated rings. The minimum atomic E-state index is 0.636. The molecule has 1 atom stereocenters. The number of hydrogen-bond donors (Lipinski definition) is 1. The van der Waals surface area contributed by atoms with Crippen LogP contribution in [-0.2, 0) is 0 Å². The first-order valence-corrected chi connectivity index (χ1v) is 6.11. The lowest BCUT2D eigenvalue weighted by molar-refractivity contribution is 0.805. The highest BCUT2D eigenvalue weighted by atomic mass is 32.2. The Balaban J connectivity index is 2.08. The van der Waals surface area contributed by atoms with Crippen LogP contribution in [0.25, 0.3) is 0 Å². The van der Waals surface area contributed by atoms with Crippen molar-refractivity contribution in [3.63, 3.8) is 0 Å². The molecule has 76 valence electrons. The van der Waals surface area contributed by atoms with Crippen molar-refractivity contribution in [2.45, 2.75) is 37.0 Å². The van der Waals surface area contributed by atoms with E-state index in [1.807, 2.05) is 11.8 Å². The molecule has 0 aliphatic carbocycles. The third-order valence-corrected chi connectivity index (χ3v) is 4.01. The summed E-state index contributed by atoms with van der Waals surface area (Å²) in [4.78, 5) is 1.43. The largest absolute Gasteiger partial charge is 0.305 e. The first kappa shape index (κ1) is 10.1. The zero-order chi connectivity index (χ0) is 9.97. The van der Waals surface area contributed by atoms with Crippen LogP contribution in [0, 0.1) is 13.8 Å². The Morgan fingerprint density at radius 1 is 1.36 bits per heavy atom. The topological polar surface area (TPSA) is 12.0 Å². The number of aryl methyl sites for hydroxylation is 2. The van der Waals surface area contributed by atoms with Crippen LogP contribution in [0.3, 0.4) is 0 Å². The fourth-order valence-electron chi connectivity index (χ4n) is 1.84. The van der Waals surface area contributed by atoms with Gasteiger partial charge in [-0.1, -0.05) is 17.7 Å². The second-order valence-corrected chi connectivity index (χ2v) is 5.22. The van der Waals surface area contributed by atoms with Crippen LogP contribution < -0.4 is 5.32 Å². The Kier molecular flexibility index (Phi) is 3.14. The van der Waals surface area contributed by atoms with Crippen molar-refractivity contribution in [2.24, 2.45) is 0 Å². The third-order valence-electron chi connectivity index (χ3n) is 2.61. The van der Waals surface area contributed by atoms with Gasteiger partial charge in [0.1, 0.15) is 0 Å². The summed E-state index contributed by atoms with van der Waals surface area (Å²) in [7, 11) is 0. The average Bonchev–Trinajstić information content (AvgIpc) is 2.62. The average molecular weight is 207 g/mol. The van der Waals surface area contributed by atoms with Gasteiger partial charge < -0.3 is 5.32 Å². The number of nitrogens with one attached hydrogen (secondary N) is 1. The van der Waals surface area contributed by atoms with Crippen molar-refractivity contribution < 1.29 is 0 Å². The van der Waals surface area contributed by atoms with Gasteiger partial charge in [0.15, 0.2) is 0 Å².